The Morgan fingerprint density at radius 2 is 1.27 bits per heavy atom. The molecule has 0 aromatic heterocycles. The summed E-state index contributed by atoms with van der Waals surface area (Å²) < 4.78 is 156. The van der Waals surface area contributed by atoms with Gasteiger partial charge >= 0.3 is 0 Å². The summed E-state index contributed by atoms with van der Waals surface area (Å²) in [6.45, 7) is 1.67. The first-order chi connectivity index (χ1) is 13.8. The van der Waals surface area contributed by atoms with Crippen LogP contribution in [0.2, 0.25) is 0 Å². The molecule has 2 atom stereocenters. The largest absolute Gasteiger partial charge is 0.324 e. The first-order valence-electron chi connectivity index (χ1n) is 8.25. The van der Waals surface area contributed by atoms with E-state index in [1.165, 1.54) is 0 Å². The minimum Gasteiger partial charge on any atom is -0.324 e. The molecule has 1 aromatic carbocycles. The molecule has 0 radical (unpaired) electrons. The van der Waals surface area contributed by atoms with Crippen LogP contribution in [-0.4, -0.2) is 18.0 Å². The molecule has 0 saturated heterocycles. The molecule has 0 heterocycles. The summed E-state index contributed by atoms with van der Waals surface area (Å²) in [4.78, 5) is -0.573. The van der Waals surface area contributed by atoms with Crippen molar-refractivity contribution in [1.29, 1.82) is 0 Å². The number of anilines is 1. The fourth-order valence-corrected chi connectivity index (χ4v) is 3.48. The first-order valence-corrected chi connectivity index (χ1v) is 8.25. The number of nitrogens with zero attached hydrogens (tertiary/aromatic N) is 1. The SMILES string of the molecule is CC(C)N(c1c(F)c(F)c(F)c(F)c1F)C1(F)C(F)=C(F)C2=C(C(F)=C(F)C2)C1F. The van der Waals surface area contributed by atoms with Crippen LogP contribution in [-0.2, 0) is 0 Å². The molecule has 12 heteroatoms. The Hall–Kier alpha value is -2.53. The van der Waals surface area contributed by atoms with Crippen molar-refractivity contribution in [2.75, 3.05) is 4.90 Å². The molecule has 1 aromatic rings. The molecule has 0 amide bonds. The van der Waals surface area contributed by atoms with Crippen molar-refractivity contribution in [3.05, 3.63) is 63.5 Å². The lowest BCUT2D eigenvalue weighted by molar-refractivity contribution is 0.0622. The van der Waals surface area contributed by atoms with Gasteiger partial charge in [-0.05, 0) is 13.8 Å². The van der Waals surface area contributed by atoms with Crippen LogP contribution < -0.4 is 4.90 Å². The number of alkyl halides is 2. The van der Waals surface area contributed by atoms with Gasteiger partial charge in [0.05, 0.1) is 0 Å². The molecule has 2 aliphatic rings. The van der Waals surface area contributed by atoms with Crippen molar-refractivity contribution in [2.45, 2.75) is 38.3 Å². The lowest BCUT2D eigenvalue weighted by Crippen LogP contribution is -2.58. The van der Waals surface area contributed by atoms with Crippen molar-refractivity contribution in [3.63, 3.8) is 0 Å². The Morgan fingerprint density at radius 3 is 1.73 bits per heavy atom. The van der Waals surface area contributed by atoms with E-state index in [2.05, 4.69) is 0 Å². The van der Waals surface area contributed by atoms with E-state index in [0.29, 0.717) is 0 Å². The second-order valence-corrected chi connectivity index (χ2v) is 6.83. The minimum atomic E-state index is -4.60. The van der Waals surface area contributed by atoms with Crippen molar-refractivity contribution >= 4 is 5.69 Å². The van der Waals surface area contributed by atoms with Crippen LogP contribution in [0.15, 0.2) is 34.5 Å². The minimum absolute atomic E-state index is 0.573. The van der Waals surface area contributed by atoms with E-state index < -0.39 is 98.6 Å². The molecule has 3 rings (SSSR count). The molecule has 0 saturated carbocycles. The zero-order chi connectivity index (χ0) is 22.9. The van der Waals surface area contributed by atoms with Crippen molar-refractivity contribution < 1.29 is 48.3 Å². The van der Waals surface area contributed by atoms with Gasteiger partial charge in [0.2, 0.25) is 5.82 Å². The van der Waals surface area contributed by atoms with Crippen molar-refractivity contribution in [2.24, 2.45) is 0 Å². The Bertz CT molecular complexity index is 1010. The predicted molar refractivity (Wildman–Crippen MR) is 82.7 cm³/mol. The van der Waals surface area contributed by atoms with E-state index in [-0.39, 0.29) is 0 Å². The van der Waals surface area contributed by atoms with Crippen LogP contribution in [0.3, 0.4) is 0 Å². The quantitative estimate of drug-likeness (QED) is 0.217. The standard InChI is InChI=1S/C18H10F11N/c1-4(2)30(15-13(25)11(23)10(22)12(24)14(15)26)18(29)16(27)7-5(8(20)17(18)28)3-6(19)9(7)21/h4,16H,3H2,1-2H3. The molecule has 2 aliphatic carbocycles. The van der Waals surface area contributed by atoms with Crippen molar-refractivity contribution in [3.8, 4) is 0 Å². The van der Waals surface area contributed by atoms with Gasteiger partial charge < -0.3 is 4.90 Å². The highest BCUT2D eigenvalue weighted by Crippen LogP contribution is 2.54. The van der Waals surface area contributed by atoms with E-state index in [1.54, 1.807) is 0 Å². The lowest BCUT2D eigenvalue weighted by Gasteiger charge is -2.44. The first kappa shape index (κ1) is 22.2. The van der Waals surface area contributed by atoms with Gasteiger partial charge in [0.1, 0.15) is 11.5 Å². The zero-order valence-electron chi connectivity index (χ0n) is 15.0. The van der Waals surface area contributed by atoms with Gasteiger partial charge in [-0.25, -0.2) is 48.3 Å². The summed E-state index contributed by atoms with van der Waals surface area (Å²) >= 11 is 0. The monoisotopic (exact) mass is 449 g/mol. The second-order valence-electron chi connectivity index (χ2n) is 6.83. The fraction of sp³-hybridized carbons (Fsp3) is 0.333. The van der Waals surface area contributed by atoms with Crippen LogP contribution >= 0.6 is 0 Å². The van der Waals surface area contributed by atoms with E-state index in [4.69, 9.17) is 0 Å². The topological polar surface area (TPSA) is 3.24 Å². The highest BCUT2D eigenvalue weighted by atomic mass is 19.2. The molecule has 0 aliphatic heterocycles. The van der Waals surface area contributed by atoms with Crippen LogP contribution in [0.1, 0.15) is 20.3 Å². The second kappa shape index (κ2) is 7.02. The summed E-state index contributed by atoms with van der Waals surface area (Å²) in [6, 6.07) is -1.76. The number of hydrogen-bond acceptors (Lipinski definition) is 1. The highest BCUT2D eigenvalue weighted by Gasteiger charge is 2.60. The van der Waals surface area contributed by atoms with E-state index in [0.717, 1.165) is 13.8 Å². The van der Waals surface area contributed by atoms with E-state index in [9.17, 15) is 39.5 Å². The summed E-state index contributed by atoms with van der Waals surface area (Å²) in [5, 5.41) is 0. The molecule has 164 valence electrons. The molecule has 0 bridgehead atoms. The zero-order valence-corrected chi connectivity index (χ0v) is 15.0. The van der Waals surface area contributed by atoms with Gasteiger partial charge in [-0.2, -0.15) is 0 Å². The van der Waals surface area contributed by atoms with Crippen LogP contribution in [0, 0.1) is 29.1 Å². The van der Waals surface area contributed by atoms with Crippen LogP contribution in [0.4, 0.5) is 54.0 Å². The van der Waals surface area contributed by atoms with Gasteiger partial charge in [-0.1, -0.05) is 0 Å². The average molecular weight is 449 g/mol. The molecular weight excluding hydrogens is 439 g/mol. The smallest absolute Gasteiger partial charge is 0.273 e. The number of allylic oxidation sites excluding steroid dienone is 4. The summed E-state index contributed by atoms with van der Waals surface area (Å²) in [5.74, 6) is -26.4. The molecule has 1 nitrogen and oxygen atoms in total. The van der Waals surface area contributed by atoms with Gasteiger partial charge in [0.25, 0.3) is 5.79 Å². The van der Waals surface area contributed by atoms with Crippen LogP contribution in [0.25, 0.3) is 0 Å². The molecule has 0 N–H and O–H groups in total. The van der Waals surface area contributed by atoms with Gasteiger partial charge in [-0.3, -0.25) is 0 Å². The van der Waals surface area contributed by atoms with Gasteiger partial charge in [0, 0.05) is 23.6 Å². The van der Waals surface area contributed by atoms with E-state index >= 15 is 8.78 Å². The molecule has 2 unspecified atom stereocenters. The number of hydrogen-bond donors (Lipinski definition) is 0. The number of benzene rings is 1. The maximum absolute atomic E-state index is 15.7. The number of halogens is 11. The van der Waals surface area contributed by atoms with Gasteiger partial charge in [-0.15, -0.1) is 0 Å². The van der Waals surface area contributed by atoms with Crippen LogP contribution in [0.5, 0.6) is 0 Å². The number of rotatable bonds is 3. The maximum Gasteiger partial charge on any atom is 0.273 e. The molecule has 0 spiro atoms. The lowest BCUT2D eigenvalue weighted by atomic mass is 9.87. The Balaban J connectivity index is 2.34. The van der Waals surface area contributed by atoms with E-state index in [1.807, 2.05) is 0 Å². The highest BCUT2D eigenvalue weighted by molar-refractivity contribution is 5.63. The Kier molecular flexibility index (Phi) is 5.18. The van der Waals surface area contributed by atoms with Crippen molar-refractivity contribution in [1.82, 2.24) is 0 Å². The molecular formula is C18H10F11N. The normalized spacial score (nSPS) is 24.4. The Morgan fingerprint density at radius 1 is 0.800 bits per heavy atom. The average Bonchev–Trinajstić information content (AvgIpc) is 2.99. The summed E-state index contributed by atoms with van der Waals surface area (Å²) in [5.41, 5.74) is -4.91. The molecule has 0 fully saturated rings. The maximum atomic E-state index is 15.7. The molecule has 30 heavy (non-hydrogen) atoms. The third-order valence-electron chi connectivity index (χ3n) is 4.78. The third-order valence-corrected chi connectivity index (χ3v) is 4.78. The van der Waals surface area contributed by atoms with Gasteiger partial charge in [0.15, 0.2) is 46.9 Å². The fourth-order valence-electron chi connectivity index (χ4n) is 3.48. The Labute approximate surface area is 161 Å². The summed E-state index contributed by atoms with van der Waals surface area (Å²) in [6.07, 6.45) is -4.86. The summed E-state index contributed by atoms with van der Waals surface area (Å²) in [7, 11) is 0. The predicted octanol–water partition coefficient (Wildman–Crippen LogP) is 6.62. The third kappa shape index (κ3) is 2.68.